The first-order chi connectivity index (χ1) is 15.6. The van der Waals surface area contributed by atoms with Gasteiger partial charge in [0, 0.05) is 28.1 Å². The van der Waals surface area contributed by atoms with Gasteiger partial charge in [-0.2, -0.15) is 5.26 Å². The van der Waals surface area contributed by atoms with Gasteiger partial charge >= 0.3 is 0 Å². The summed E-state index contributed by atoms with van der Waals surface area (Å²) < 4.78 is 1.19. The van der Waals surface area contributed by atoms with Crippen molar-refractivity contribution in [3.8, 4) is 17.8 Å². The van der Waals surface area contributed by atoms with Crippen LogP contribution in [0.3, 0.4) is 0 Å². The number of aromatic hydroxyl groups is 1. The third-order valence-electron chi connectivity index (χ3n) is 5.90. The van der Waals surface area contributed by atoms with Crippen LogP contribution in [0.1, 0.15) is 34.9 Å². The molecule has 0 amide bonds. The lowest BCUT2D eigenvalue weighted by atomic mass is 9.89. The first-order valence-electron chi connectivity index (χ1n) is 10.4. The van der Waals surface area contributed by atoms with Crippen molar-refractivity contribution < 1.29 is 5.11 Å². The molecule has 5 rings (SSSR count). The molecule has 1 aliphatic rings. The summed E-state index contributed by atoms with van der Waals surface area (Å²) in [4.78, 5) is 23.2. The first-order valence-corrected chi connectivity index (χ1v) is 11.3. The summed E-state index contributed by atoms with van der Waals surface area (Å²) in [6.45, 7) is 2.22. The maximum absolute atomic E-state index is 13.1. The number of hydrogen-bond donors (Lipinski definition) is 1. The quantitative estimate of drug-likeness (QED) is 0.459. The molecular formula is C25H20N4O2S. The van der Waals surface area contributed by atoms with Gasteiger partial charge in [0.2, 0.25) is 5.88 Å². The molecule has 0 fully saturated rings. The van der Waals surface area contributed by atoms with Crippen molar-refractivity contribution in [1.29, 1.82) is 5.26 Å². The lowest BCUT2D eigenvalue weighted by molar-refractivity contribution is 0.435. The molecule has 3 heterocycles. The average molecular weight is 441 g/mol. The van der Waals surface area contributed by atoms with Crippen molar-refractivity contribution in [1.82, 2.24) is 9.55 Å². The van der Waals surface area contributed by atoms with Crippen LogP contribution in [0, 0.1) is 17.2 Å². The second kappa shape index (κ2) is 8.06. The van der Waals surface area contributed by atoms with Crippen LogP contribution in [-0.4, -0.2) is 20.9 Å². The Hall–Kier alpha value is -3.76. The molecule has 0 spiro atoms. The SMILES string of the molecule is CC1CCc2c(sc(/N=C/c3c(O)n(-c4ccccn4)c(=O)c4ccccc34)c2C#N)C1. The van der Waals surface area contributed by atoms with Gasteiger partial charge in [-0.1, -0.05) is 31.2 Å². The summed E-state index contributed by atoms with van der Waals surface area (Å²) >= 11 is 1.54. The number of nitriles is 1. The number of thiophene rings is 1. The molecule has 1 N–H and O–H groups in total. The lowest BCUT2D eigenvalue weighted by Gasteiger charge is -2.17. The highest BCUT2D eigenvalue weighted by Gasteiger charge is 2.24. The zero-order valence-electron chi connectivity index (χ0n) is 17.4. The van der Waals surface area contributed by atoms with E-state index in [0.717, 1.165) is 24.8 Å². The Kier molecular flexibility index (Phi) is 5.08. The van der Waals surface area contributed by atoms with Crippen molar-refractivity contribution in [3.05, 3.63) is 80.6 Å². The summed E-state index contributed by atoms with van der Waals surface area (Å²) in [6, 6.07) is 14.6. The van der Waals surface area contributed by atoms with Crippen molar-refractivity contribution in [2.75, 3.05) is 0 Å². The van der Waals surface area contributed by atoms with Crippen LogP contribution < -0.4 is 5.56 Å². The van der Waals surface area contributed by atoms with Crippen LogP contribution in [0.5, 0.6) is 5.88 Å². The fourth-order valence-corrected chi connectivity index (χ4v) is 5.56. The topological polar surface area (TPSA) is 91.3 Å². The minimum absolute atomic E-state index is 0.232. The van der Waals surface area contributed by atoms with E-state index in [1.165, 1.54) is 9.44 Å². The molecule has 1 atom stereocenters. The maximum atomic E-state index is 13.1. The second-order valence-corrected chi connectivity index (χ2v) is 9.10. The predicted octanol–water partition coefficient (Wildman–Crippen LogP) is 4.90. The van der Waals surface area contributed by atoms with Crippen LogP contribution in [-0.2, 0) is 12.8 Å². The van der Waals surface area contributed by atoms with Gasteiger partial charge in [0.1, 0.15) is 16.9 Å². The Balaban J connectivity index is 1.70. The molecule has 0 saturated carbocycles. The number of nitrogens with zero attached hydrogens (tertiary/aromatic N) is 4. The minimum Gasteiger partial charge on any atom is -0.494 e. The maximum Gasteiger partial charge on any atom is 0.267 e. The lowest BCUT2D eigenvalue weighted by Crippen LogP contribution is -2.20. The molecule has 6 nitrogen and oxygen atoms in total. The summed E-state index contributed by atoms with van der Waals surface area (Å²) in [7, 11) is 0. The van der Waals surface area contributed by atoms with Gasteiger partial charge in [-0.15, -0.1) is 11.3 Å². The Bertz CT molecular complexity index is 1460. The monoisotopic (exact) mass is 440 g/mol. The molecule has 158 valence electrons. The van der Waals surface area contributed by atoms with Gasteiger partial charge in [-0.3, -0.25) is 4.79 Å². The molecule has 0 radical (unpaired) electrons. The van der Waals surface area contributed by atoms with Gasteiger partial charge in [0.05, 0.1) is 11.1 Å². The van der Waals surface area contributed by atoms with Gasteiger partial charge in [-0.25, -0.2) is 14.5 Å². The highest BCUT2D eigenvalue weighted by molar-refractivity contribution is 7.16. The molecule has 7 heteroatoms. The van der Waals surface area contributed by atoms with Gasteiger partial charge in [0.25, 0.3) is 5.56 Å². The highest BCUT2D eigenvalue weighted by atomic mass is 32.1. The van der Waals surface area contributed by atoms with Gasteiger partial charge in [0.15, 0.2) is 0 Å². The summed E-state index contributed by atoms with van der Waals surface area (Å²) in [6.07, 6.45) is 6.05. The fraction of sp³-hybridized carbons (Fsp3) is 0.200. The predicted molar refractivity (Wildman–Crippen MR) is 126 cm³/mol. The molecule has 1 aliphatic carbocycles. The number of hydrogen-bond acceptors (Lipinski definition) is 6. The van der Waals surface area contributed by atoms with Gasteiger partial charge in [-0.05, 0) is 48.9 Å². The summed E-state index contributed by atoms with van der Waals surface area (Å²) in [5.41, 5.74) is 1.78. The van der Waals surface area contributed by atoms with Crippen LogP contribution in [0.2, 0.25) is 0 Å². The van der Waals surface area contributed by atoms with E-state index in [1.807, 2.05) is 6.07 Å². The van der Waals surface area contributed by atoms with E-state index in [-0.39, 0.29) is 11.4 Å². The zero-order chi connectivity index (χ0) is 22.2. The molecular weight excluding hydrogens is 420 g/mol. The molecule has 0 saturated heterocycles. The third-order valence-corrected chi connectivity index (χ3v) is 7.06. The molecule has 0 bridgehead atoms. The van der Waals surface area contributed by atoms with Crippen LogP contribution in [0.15, 0.2) is 58.4 Å². The number of rotatable bonds is 3. The van der Waals surface area contributed by atoms with Crippen LogP contribution >= 0.6 is 11.3 Å². The molecule has 1 unspecified atom stereocenters. The molecule has 4 aromatic rings. The van der Waals surface area contributed by atoms with Crippen molar-refractivity contribution in [2.24, 2.45) is 10.9 Å². The smallest absolute Gasteiger partial charge is 0.267 e. The summed E-state index contributed by atoms with van der Waals surface area (Å²) in [5.74, 6) is 0.692. The van der Waals surface area contributed by atoms with Crippen LogP contribution in [0.25, 0.3) is 16.6 Å². The molecule has 0 aliphatic heterocycles. The van der Waals surface area contributed by atoms with E-state index < -0.39 is 0 Å². The Morgan fingerprint density at radius 2 is 2.03 bits per heavy atom. The third kappa shape index (κ3) is 3.29. The molecule has 1 aromatic carbocycles. The van der Waals surface area contributed by atoms with Gasteiger partial charge < -0.3 is 5.11 Å². The number of fused-ring (bicyclic) bond motifs is 2. The molecule has 32 heavy (non-hydrogen) atoms. The van der Waals surface area contributed by atoms with E-state index in [1.54, 1.807) is 60.1 Å². The van der Waals surface area contributed by atoms with E-state index in [4.69, 9.17) is 0 Å². The number of aliphatic imine (C=N–C) groups is 1. The van der Waals surface area contributed by atoms with Crippen molar-refractivity contribution in [3.63, 3.8) is 0 Å². The largest absolute Gasteiger partial charge is 0.494 e. The summed E-state index contributed by atoms with van der Waals surface area (Å²) in [5, 5.41) is 22.6. The van der Waals surface area contributed by atoms with E-state index in [2.05, 4.69) is 23.0 Å². The highest BCUT2D eigenvalue weighted by Crippen LogP contribution is 2.41. The normalized spacial score (nSPS) is 15.7. The van der Waals surface area contributed by atoms with E-state index >= 15 is 0 Å². The second-order valence-electron chi connectivity index (χ2n) is 8.01. The Labute approximate surface area is 188 Å². The van der Waals surface area contributed by atoms with Crippen molar-refractivity contribution >= 4 is 33.3 Å². The average Bonchev–Trinajstić information content (AvgIpc) is 3.16. The zero-order valence-corrected chi connectivity index (χ0v) is 18.3. The Morgan fingerprint density at radius 1 is 1.25 bits per heavy atom. The standard InChI is InChI=1S/C25H20N4O2S/c1-15-9-10-17-19(13-26)23(32-21(17)12-15)28-14-20-16-6-2-3-7-18(16)24(30)29(25(20)31)22-8-4-5-11-27-22/h2-8,11,14-15,31H,9-10,12H2,1H3/b28-14+. The van der Waals surface area contributed by atoms with E-state index in [9.17, 15) is 15.2 Å². The first kappa shape index (κ1) is 20.2. The Morgan fingerprint density at radius 3 is 2.78 bits per heavy atom. The number of pyridine rings is 2. The van der Waals surface area contributed by atoms with Crippen molar-refractivity contribution in [2.45, 2.75) is 26.2 Å². The van der Waals surface area contributed by atoms with Crippen LogP contribution in [0.4, 0.5) is 5.00 Å². The number of benzene rings is 1. The van der Waals surface area contributed by atoms with E-state index in [0.29, 0.717) is 38.6 Å². The number of aromatic nitrogens is 2. The minimum atomic E-state index is -0.354. The molecule has 3 aromatic heterocycles. The fourth-order valence-electron chi connectivity index (χ4n) is 4.25.